The molecule has 0 radical (unpaired) electrons. The van der Waals surface area contributed by atoms with Crippen LogP contribution >= 0.6 is 23.2 Å². The van der Waals surface area contributed by atoms with Gasteiger partial charge < -0.3 is 10.1 Å². The number of halogens is 2. The van der Waals surface area contributed by atoms with E-state index in [0.29, 0.717) is 28.4 Å². The van der Waals surface area contributed by atoms with Gasteiger partial charge in [-0.1, -0.05) is 37.0 Å². The van der Waals surface area contributed by atoms with Crippen molar-refractivity contribution < 1.29 is 4.74 Å². The summed E-state index contributed by atoms with van der Waals surface area (Å²) in [6.07, 6.45) is 2.29. The summed E-state index contributed by atoms with van der Waals surface area (Å²) in [5.41, 5.74) is 1.91. The van der Waals surface area contributed by atoms with Gasteiger partial charge in [0.2, 0.25) is 0 Å². The summed E-state index contributed by atoms with van der Waals surface area (Å²) in [5, 5.41) is 4.37. The number of hydrogen-bond acceptors (Lipinski definition) is 3. The van der Waals surface area contributed by atoms with Gasteiger partial charge in [0.15, 0.2) is 5.15 Å². The summed E-state index contributed by atoms with van der Waals surface area (Å²) in [4.78, 5) is 4.09. The van der Waals surface area contributed by atoms with Gasteiger partial charge in [0.25, 0.3) is 0 Å². The standard InChI is InChI=1S/C14H20Cl2N2O/c1-8(2)11-7-10(4-5-19-11)17-13-9(3)6-12(15)18-14(13)16/h6,8,10-11,17H,4-5,7H2,1-3H3. The maximum absolute atomic E-state index is 6.16. The minimum absolute atomic E-state index is 0.311. The first kappa shape index (κ1) is 14.9. The minimum atomic E-state index is 0.311. The Hall–Kier alpha value is -0.510. The minimum Gasteiger partial charge on any atom is -0.379 e. The van der Waals surface area contributed by atoms with E-state index in [2.05, 4.69) is 24.1 Å². The number of pyridine rings is 1. The molecule has 5 heteroatoms. The summed E-state index contributed by atoms with van der Waals surface area (Å²) >= 11 is 12.1. The molecule has 0 aromatic carbocycles. The van der Waals surface area contributed by atoms with Crippen LogP contribution < -0.4 is 5.32 Å². The SMILES string of the molecule is Cc1cc(Cl)nc(Cl)c1NC1CCOC(C(C)C)C1. The topological polar surface area (TPSA) is 34.2 Å². The van der Waals surface area contributed by atoms with Crippen LogP contribution in [0.25, 0.3) is 0 Å². The number of hydrogen-bond donors (Lipinski definition) is 1. The van der Waals surface area contributed by atoms with Crippen molar-refractivity contribution in [2.45, 2.75) is 45.8 Å². The van der Waals surface area contributed by atoms with Crippen molar-refractivity contribution in [3.63, 3.8) is 0 Å². The van der Waals surface area contributed by atoms with E-state index in [-0.39, 0.29) is 0 Å². The van der Waals surface area contributed by atoms with Crippen LogP contribution in [0.2, 0.25) is 10.3 Å². The Labute approximate surface area is 124 Å². The summed E-state index contributed by atoms with van der Waals surface area (Å²) < 4.78 is 5.78. The van der Waals surface area contributed by atoms with Crippen LogP contribution in [0.1, 0.15) is 32.3 Å². The van der Waals surface area contributed by atoms with E-state index in [0.717, 1.165) is 30.7 Å². The molecule has 1 saturated heterocycles. The number of nitrogens with zero attached hydrogens (tertiary/aromatic N) is 1. The van der Waals surface area contributed by atoms with Gasteiger partial charge >= 0.3 is 0 Å². The molecule has 1 fully saturated rings. The summed E-state index contributed by atoms with van der Waals surface area (Å²) in [6.45, 7) is 7.16. The highest BCUT2D eigenvalue weighted by atomic mass is 35.5. The molecule has 1 aromatic heterocycles. The van der Waals surface area contributed by atoms with Gasteiger partial charge in [-0.2, -0.15) is 0 Å². The fourth-order valence-electron chi connectivity index (χ4n) is 2.40. The van der Waals surface area contributed by atoms with Crippen molar-refractivity contribution in [2.24, 2.45) is 5.92 Å². The molecule has 2 unspecified atom stereocenters. The van der Waals surface area contributed by atoms with E-state index in [4.69, 9.17) is 27.9 Å². The Morgan fingerprint density at radius 1 is 1.42 bits per heavy atom. The van der Waals surface area contributed by atoms with Crippen molar-refractivity contribution in [1.29, 1.82) is 0 Å². The second-order valence-corrected chi connectivity index (χ2v) is 6.19. The zero-order chi connectivity index (χ0) is 14.0. The largest absolute Gasteiger partial charge is 0.379 e. The lowest BCUT2D eigenvalue weighted by Crippen LogP contribution is -2.36. The number of aryl methyl sites for hydroxylation is 1. The predicted molar refractivity (Wildman–Crippen MR) is 80.2 cm³/mol. The van der Waals surface area contributed by atoms with Crippen molar-refractivity contribution in [2.75, 3.05) is 11.9 Å². The fourth-order valence-corrected chi connectivity index (χ4v) is 2.98. The number of rotatable bonds is 3. The van der Waals surface area contributed by atoms with Crippen LogP contribution in [0, 0.1) is 12.8 Å². The second-order valence-electron chi connectivity index (χ2n) is 5.45. The van der Waals surface area contributed by atoms with Crippen molar-refractivity contribution >= 4 is 28.9 Å². The molecule has 3 nitrogen and oxygen atoms in total. The highest BCUT2D eigenvalue weighted by Crippen LogP contribution is 2.30. The summed E-state index contributed by atoms with van der Waals surface area (Å²) in [6, 6.07) is 2.20. The zero-order valence-corrected chi connectivity index (χ0v) is 13.1. The molecular weight excluding hydrogens is 283 g/mol. The second kappa shape index (κ2) is 6.29. The van der Waals surface area contributed by atoms with E-state index in [1.807, 2.05) is 13.0 Å². The molecular formula is C14H20Cl2N2O. The molecule has 0 amide bonds. The Bertz CT molecular complexity index is 428. The molecule has 0 spiro atoms. The molecule has 0 bridgehead atoms. The van der Waals surface area contributed by atoms with Gasteiger partial charge in [-0.05, 0) is 37.3 Å². The molecule has 2 heterocycles. The summed E-state index contributed by atoms with van der Waals surface area (Å²) in [5.74, 6) is 0.532. The van der Waals surface area contributed by atoms with Crippen molar-refractivity contribution in [1.82, 2.24) is 4.98 Å². The lowest BCUT2D eigenvalue weighted by molar-refractivity contribution is -0.0160. The van der Waals surface area contributed by atoms with E-state index < -0.39 is 0 Å². The molecule has 2 rings (SSSR count). The van der Waals surface area contributed by atoms with Gasteiger partial charge in [0.05, 0.1) is 11.8 Å². The molecule has 1 aromatic rings. The van der Waals surface area contributed by atoms with Crippen molar-refractivity contribution in [3.05, 3.63) is 21.9 Å². The highest BCUT2D eigenvalue weighted by molar-refractivity contribution is 6.34. The quantitative estimate of drug-likeness (QED) is 0.845. The first-order valence-electron chi connectivity index (χ1n) is 6.68. The third-order valence-electron chi connectivity index (χ3n) is 3.55. The Morgan fingerprint density at radius 2 is 2.16 bits per heavy atom. The van der Waals surface area contributed by atoms with Gasteiger partial charge in [-0.25, -0.2) is 4.98 Å². The molecule has 0 aliphatic carbocycles. The van der Waals surface area contributed by atoms with Gasteiger partial charge in [-0.15, -0.1) is 0 Å². The highest BCUT2D eigenvalue weighted by Gasteiger charge is 2.25. The average molecular weight is 303 g/mol. The van der Waals surface area contributed by atoms with Gasteiger partial charge in [0, 0.05) is 12.6 Å². The van der Waals surface area contributed by atoms with Crippen LogP contribution in [0.5, 0.6) is 0 Å². The summed E-state index contributed by atoms with van der Waals surface area (Å²) in [7, 11) is 0. The molecule has 19 heavy (non-hydrogen) atoms. The van der Waals surface area contributed by atoms with E-state index in [1.54, 1.807) is 0 Å². The van der Waals surface area contributed by atoms with Gasteiger partial charge in [-0.3, -0.25) is 0 Å². The smallest absolute Gasteiger partial charge is 0.154 e. The third kappa shape index (κ3) is 3.74. The molecule has 106 valence electrons. The molecule has 1 N–H and O–H groups in total. The van der Waals surface area contributed by atoms with Crippen LogP contribution in [0.3, 0.4) is 0 Å². The Kier molecular flexibility index (Phi) is 4.93. The Morgan fingerprint density at radius 3 is 2.79 bits per heavy atom. The molecule has 2 atom stereocenters. The lowest BCUT2D eigenvalue weighted by atomic mass is 9.95. The predicted octanol–water partition coefficient (Wildman–Crippen LogP) is 4.31. The van der Waals surface area contributed by atoms with E-state index in [1.165, 1.54) is 0 Å². The van der Waals surface area contributed by atoms with Crippen LogP contribution in [0.15, 0.2) is 6.07 Å². The van der Waals surface area contributed by atoms with Crippen LogP contribution in [0.4, 0.5) is 5.69 Å². The monoisotopic (exact) mass is 302 g/mol. The Balaban J connectivity index is 2.09. The first-order chi connectivity index (χ1) is 8.97. The zero-order valence-electron chi connectivity index (χ0n) is 11.5. The fraction of sp³-hybridized carbons (Fsp3) is 0.643. The van der Waals surface area contributed by atoms with E-state index >= 15 is 0 Å². The van der Waals surface area contributed by atoms with Crippen LogP contribution in [-0.4, -0.2) is 23.7 Å². The van der Waals surface area contributed by atoms with Gasteiger partial charge in [0.1, 0.15) is 5.15 Å². The maximum atomic E-state index is 6.16. The number of aromatic nitrogens is 1. The normalized spacial score (nSPS) is 23.7. The third-order valence-corrected chi connectivity index (χ3v) is 4.02. The van der Waals surface area contributed by atoms with Crippen molar-refractivity contribution in [3.8, 4) is 0 Å². The number of ether oxygens (including phenoxy) is 1. The lowest BCUT2D eigenvalue weighted by Gasteiger charge is -2.33. The first-order valence-corrected chi connectivity index (χ1v) is 7.43. The maximum Gasteiger partial charge on any atom is 0.154 e. The molecule has 1 aliphatic rings. The molecule has 0 saturated carbocycles. The molecule has 1 aliphatic heterocycles. The number of anilines is 1. The van der Waals surface area contributed by atoms with Crippen LogP contribution in [-0.2, 0) is 4.74 Å². The van der Waals surface area contributed by atoms with E-state index in [9.17, 15) is 0 Å². The average Bonchev–Trinajstić information content (AvgIpc) is 2.34. The number of nitrogens with one attached hydrogen (secondary N) is 1.